The number of guanidine groups is 1. The van der Waals surface area contributed by atoms with Crippen LogP contribution in [0.3, 0.4) is 0 Å². The largest absolute Gasteiger partial charge is 0.379 e. The molecule has 30 heavy (non-hydrogen) atoms. The van der Waals surface area contributed by atoms with Crippen LogP contribution < -0.4 is 10.6 Å². The summed E-state index contributed by atoms with van der Waals surface area (Å²) in [6.45, 7) is 7.98. The van der Waals surface area contributed by atoms with Crippen LogP contribution in [0.1, 0.15) is 29.4 Å². The van der Waals surface area contributed by atoms with Crippen molar-refractivity contribution in [1.82, 2.24) is 20.4 Å². The Hall–Kier alpha value is -1.93. The molecule has 1 fully saturated rings. The van der Waals surface area contributed by atoms with Crippen molar-refractivity contribution in [1.29, 1.82) is 0 Å². The topological polar surface area (TPSA) is 52.1 Å². The van der Waals surface area contributed by atoms with E-state index in [0.717, 1.165) is 51.9 Å². The highest BCUT2D eigenvalue weighted by Crippen LogP contribution is 2.26. The minimum atomic E-state index is 0.280. The number of morpholine rings is 1. The van der Waals surface area contributed by atoms with Crippen LogP contribution in [0.4, 0.5) is 0 Å². The molecule has 0 saturated carbocycles. The monoisotopic (exact) mass is 429 g/mol. The maximum atomic E-state index is 5.56. The Morgan fingerprint density at radius 1 is 1.13 bits per heavy atom. The Morgan fingerprint density at radius 3 is 2.53 bits per heavy atom. The molecule has 1 aromatic carbocycles. The second-order valence-electron chi connectivity index (χ2n) is 7.67. The van der Waals surface area contributed by atoms with Gasteiger partial charge in [-0.05, 0) is 38.0 Å². The molecule has 0 radical (unpaired) electrons. The van der Waals surface area contributed by atoms with Crippen molar-refractivity contribution < 1.29 is 4.74 Å². The molecule has 2 unspecified atom stereocenters. The maximum absolute atomic E-state index is 5.56. The predicted molar refractivity (Wildman–Crippen MR) is 126 cm³/mol. The van der Waals surface area contributed by atoms with Crippen LogP contribution in [0.15, 0.2) is 52.8 Å². The average Bonchev–Trinajstić information content (AvgIpc) is 3.30. The standard InChI is InChI=1S/C23H35N5OS/c1-4-24-23(25-17-20(27(2)3)19-9-6-5-7-10-19)26-18-21(22-11-8-16-30-22)28-12-14-29-15-13-28/h5-11,16,20-21H,4,12-15,17-18H2,1-3H3,(H2,24,25,26). The van der Waals surface area contributed by atoms with Gasteiger partial charge in [0.1, 0.15) is 0 Å². The van der Waals surface area contributed by atoms with Gasteiger partial charge in [-0.25, -0.2) is 0 Å². The number of thiophene rings is 1. The third kappa shape index (κ3) is 6.54. The number of aliphatic imine (C=N–C) groups is 1. The molecular formula is C23H35N5OS. The summed E-state index contributed by atoms with van der Waals surface area (Å²) in [7, 11) is 4.24. The van der Waals surface area contributed by atoms with Crippen molar-refractivity contribution in [2.24, 2.45) is 4.99 Å². The van der Waals surface area contributed by atoms with Gasteiger partial charge in [0, 0.05) is 31.1 Å². The van der Waals surface area contributed by atoms with Gasteiger partial charge in [0.05, 0.1) is 31.8 Å². The Kier molecular flexibility index (Phi) is 9.14. The fraction of sp³-hybridized carbons (Fsp3) is 0.522. The number of nitrogens with one attached hydrogen (secondary N) is 2. The molecule has 164 valence electrons. The van der Waals surface area contributed by atoms with Crippen LogP contribution in [0, 0.1) is 0 Å². The van der Waals surface area contributed by atoms with Gasteiger partial charge in [0.25, 0.3) is 0 Å². The van der Waals surface area contributed by atoms with E-state index in [1.54, 1.807) is 0 Å². The van der Waals surface area contributed by atoms with Crippen molar-refractivity contribution in [2.75, 3.05) is 60.0 Å². The Labute approximate surface area is 184 Å². The summed E-state index contributed by atoms with van der Waals surface area (Å²) < 4.78 is 5.56. The van der Waals surface area contributed by atoms with E-state index < -0.39 is 0 Å². The lowest BCUT2D eigenvalue weighted by atomic mass is 10.1. The summed E-state index contributed by atoms with van der Waals surface area (Å²) >= 11 is 1.81. The van der Waals surface area contributed by atoms with E-state index in [-0.39, 0.29) is 6.04 Å². The highest BCUT2D eigenvalue weighted by molar-refractivity contribution is 7.10. The van der Waals surface area contributed by atoms with Crippen LogP contribution in [-0.4, -0.2) is 75.8 Å². The molecule has 7 heteroatoms. The molecule has 1 aromatic heterocycles. The molecule has 1 saturated heterocycles. The molecule has 2 atom stereocenters. The zero-order chi connectivity index (χ0) is 21.2. The van der Waals surface area contributed by atoms with Crippen LogP contribution in [0.25, 0.3) is 0 Å². The number of likely N-dealkylation sites (N-methyl/N-ethyl adjacent to an activating group) is 1. The molecule has 3 rings (SSSR count). The smallest absolute Gasteiger partial charge is 0.191 e. The number of benzene rings is 1. The summed E-state index contributed by atoms with van der Waals surface area (Å²) in [5.41, 5.74) is 1.30. The first-order valence-electron chi connectivity index (χ1n) is 10.8. The summed E-state index contributed by atoms with van der Waals surface area (Å²) in [6.07, 6.45) is 0. The van der Waals surface area contributed by atoms with Crippen LogP contribution in [0.5, 0.6) is 0 Å². The minimum Gasteiger partial charge on any atom is -0.379 e. The Bertz CT molecular complexity index is 744. The van der Waals surface area contributed by atoms with Crippen molar-refractivity contribution in [2.45, 2.75) is 19.0 Å². The van der Waals surface area contributed by atoms with Gasteiger partial charge in [-0.15, -0.1) is 11.3 Å². The zero-order valence-corrected chi connectivity index (χ0v) is 19.2. The van der Waals surface area contributed by atoms with Crippen molar-refractivity contribution in [3.05, 3.63) is 58.3 Å². The van der Waals surface area contributed by atoms with Crippen molar-refractivity contribution in [3.63, 3.8) is 0 Å². The highest BCUT2D eigenvalue weighted by Gasteiger charge is 2.23. The van der Waals surface area contributed by atoms with Gasteiger partial charge in [0.2, 0.25) is 0 Å². The Morgan fingerprint density at radius 2 is 1.90 bits per heavy atom. The highest BCUT2D eigenvalue weighted by atomic mass is 32.1. The molecule has 0 amide bonds. The van der Waals surface area contributed by atoms with E-state index in [1.807, 2.05) is 11.3 Å². The van der Waals surface area contributed by atoms with Gasteiger partial charge in [0.15, 0.2) is 5.96 Å². The van der Waals surface area contributed by atoms with Crippen molar-refractivity contribution >= 4 is 17.3 Å². The fourth-order valence-corrected chi connectivity index (χ4v) is 4.59. The predicted octanol–water partition coefficient (Wildman–Crippen LogP) is 2.98. The lowest BCUT2D eigenvalue weighted by Crippen LogP contribution is -2.43. The number of rotatable bonds is 9. The van der Waals surface area contributed by atoms with Crippen LogP contribution in [0.2, 0.25) is 0 Å². The number of hydrogen-bond acceptors (Lipinski definition) is 5. The SMILES string of the molecule is CCNC(=NCC(c1cccs1)N1CCOCC1)NCC(c1ccccc1)N(C)C. The fourth-order valence-electron chi connectivity index (χ4n) is 3.74. The molecule has 0 bridgehead atoms. The maximum Gasteiger partial charge on any atom is 0.191 e. The first kappa shape index (κ1) is 22.7. The van der Waals surface area contributed by atoms with Gasteiger partial charge < -0.3 is 20.3 Å². The van der Waals surface area contributed by atoms with Crippen molar-refractivity contribution in [3.8, 4) is 0 Å². The Balaban J connectivity index is 1.68. The molecule has 2 heterocycles. The second kappa shape index (κ2) is 12.1. The first-order chi connectivity index (χ1) is 14.7. The van der Waals surface area contributed by atoms with Crippen LogP contribution in [-0.2, 0) is 4.74 Å². The van der Waals surface area contributed by atoms with Gasteiger partial charge in [-0.3, -0.25) is 9.89 Å². The van der Waals surface area contributed by atoms with Crippen LogP contribution >= 0.6 is 11.3 Å². The molecule has 2 aromatic rings. The van der Waals surface area contributed by atoms with E-state index >= 15 is 0 Å². The quantitative estimate of drug-likeness (QED) is 0.474. The normalized spacial score (nSPS) is 17.7. The summed E-state index contributed by atoms with van der Waals surface area (Å²) in [5.74, 6) is 0.870. The molecule has 1 aliphatic rings. The number of hydrogen-bond donors (Lipinski definition) is 2. The molecule has 6 nitrogen and oxygen atoms in total. The lowest BCUT2D eigenvalue weighted by molar-refractivity contribution is 0.0186. The second-order valence-corrected chi connectivity index (χ2v) is 8.65. The van der Waals surface area contributed by atoms with E-state index in [4.69, 9.17) is 9.73 Å². The molecule has 1 aliphatic heterocycles. The molecular weight excluding hydrogens is 394 g/mol. The van der Waals surface area contributed by atoms with Gasteiger partial charge in [-0.2, -0.15) is 0 Å². The first-order valence-corrected chi connectivity index (χ1v) is 11.7. The average molecular weight is 430 g/mol. The van der Waals surface area contributed by atoms with Gasteiger partial charge >= 0.3 is 0 Å². The number of ether oxygens (including phenoxy) is 1. The number of nitrogens with zero attached hydrogens (tertiary/aromatic N) is 3. The van der Waals surface area contributed by atoms with Gasteiger partial charge in [-0.1, -0.05) is 36.4 Å². The molecule has 0 spiro atoms. The third-order valence-corrected chi connectivity index (χ3v) is 6.37. The molecule has 0 aliphatic carbocycles. The lowest BCUT2D eigenvalue weighted by Gasteiger charge is -2.33. The summed E-state index contributed by atoms with van der Waals surface area (Å²) in [6, 6.07) is 15.5. The zero-order valence-electron chi connectivity index (χ0n) is 18.4. The van der Waals surface area contributed by atoms with E-state index in [9.17, 15) is 0 Å². The van der Waals surface area contributed by atoms with E-state index in [1.165, 1.54) is 10.4 Å². The minimum absolute atomic E-state index is 0.280. The summed E-state index contributed by atoms with van der Waals surface area (Å²) in [5, 5.41) is 9.12. The molecule has 2 N–H and O–H groups in total. The van der Waals surface area contributed by atoms with E-state index in [2.05, 4.69) is 89.3 Å². The third-order valence-electron chi connectivity index (χ3n) is 5.40. The van der Waals surface area contributed by atoms with E-state index in [0.29, 0.717) is 6.04 Å². The summed E-state index contributed by atoms with van der Waals surface area (Å²) in [4.78, 5) is 11.1.